The highest BCUT2D eigenvalue weighted by molar-refractivity contribution is 7.28. The van der Waals surface area contributed by atoms with Gasteiger partial charge >= 0.3 is 0 Å². The minimum atomic E-state index is 0.185. The first kappa shape index (κ1) is 39.6. The molecule has 62 heavy (non-hydrogen) atoms. The van der Waals surface area contributed by atoms with Crippen molar-refractivity contribution in [3.05, 3.63) is 158 Å². The summed E-state index contributed by atoms with van der Waals surface area (Å²) < 4.78 is 1.28. The first-order valence-corrected chi connectivity index (χ1v) is 20.7. The summed E-state index contributed by atoms with van der Waals surface area (Å²) in [6.45, 7) is 0. The van der Waals surface area contributed by atoms with Crippen molar-refractivity contribution < 1.29 is 0 Å². The first-order valence-electron chi connectivity index (χ1n) is 19.9. The molecule has 2 aromatic heterocycles. The van der Waals surface area contributed by atoms with Gasteiger partial charge in [0.05, 0.1) is 0 Å². The Bertz CT molecular complexity index is 3240. The van der Waals surface area contributed by atoms with Crippen LogP contribution in [0.3, 0.4) is 0 Å². The Morgan fingerprint density at radius 3 is 1.10 bits per heavy atom. The Balaban J connectivity index is 1.20. The van der Waals surface area contributed by atoms with E-state index in [0.29, 0.717) is 76.2 Å². The lowest BCUT2D eigenvalue weighted by molar-refractivity contribution is 1.07. The highest BCUT2D eigenvalue weighted by Crippen LogP contribution is 2.36. The van der Waals surface area contributed by atoms with Gasteiger partial charge in [0.15, 0.2) is 17.5 Å². The van der Waals surface area contributed by atoms with E-state index in [9.17, 15) is 0 Å². The van der Waals surface area contributed by atoms with Crippen LogP contribution in [0, 0.1) is 0 Å². The molecule has 0 atom stereocenters. The van der Waals surface area contributed by atoms with Crippen molar-refractivity contribution in [2.75, 3.05) is 0 Å². The molecule has 10 aromatic rings. The van der Waals surface area contributed by atoms with Crippen LogP contribution in [-0.4, -0.2) is 69.9 Å². The van der Waals surface area contributed by atoms with Crippen LogP contribution in [-0.2, 0) is 0 Å². The molecule has 0 fully saturated rings. The Kier molecular flexibility index (Phi) is 10.2. The number of rotatable bonds is 7. The van der Waals surface area contributed by atoms with Gasteiger partial charge in [-0.05, 0) is 73.5 Å². The highest BCUT2D eigenvalue weighted by atomic mass is 32.1. The highest BCUT2D eigenvalue weighted by Gasteiger charge is 2.22. The largest absolute Gasteiger partial charge is 0.208 e. The van der Waals surface area contributed by atoms with E-state index in [2.05, 4.69) is 54.6 Å². The van der Waals surface area contributed by atoms with E-state index in [0.717, 1.165) is 44.5 Å². The van der Waals surface area contributed by atoms with E-state index in [1.165, 1.54) is 11.3 Å². The Hall–Kier alpha value is -6.56. The summed E-state index contributed by atoms with van der Waals surface area (Å²) in [7, 11) is 46.8. The van der Waals surface area contributed by atoms with Gasteiger partial charge in [-0.1, -0.05) is 167 Å². The number of hydrogen-bond acceptors (Lipinski definition) is 4. The molecule has 3 nitrogen and oxygen atoms in total. The van der Waals surface area contributed by atoms with Crippen LogP contribution in [0.4, 0.5) is 0 Å². The van der Waals surface area contributed by atoms with Crippen molar-refractivity contribution in [1.82, 2.24) is 15.0 Å². The van der Waals surface area contributed by atoms with Crippen LogP contribution >= 0.6 is 11.3 Å². The minimum Gasteiger partial charge on any atom is -0.208 e. The second-order valence-corrected chi connectivity index (χ2v) is 16.2. The van der Waals surface area contributed by atoms with Crippen molar-refractivity contribution in [2.24, 2.45) is 0 Å². The van der Waals surface area contributed by atoms with Gasteiger partial charge in [-0.15, -0.1) is 22.3 Å². The molecule has 0 amide bonds. The number of aromatic nitrogens is 3. The predicted octanol–water partition coefficient (Wildman–Crippen LogP) is 5.47. The molecule has 0 N–H and O–H groups in total. The van der Waals surface area contributed by atoms with Gasteiger partial charge in [-0.3, -0.25) is 0 Å². The third kappa shape index (κ3) is 6.95. The van der Waals surface area contributed by atoms with Gasteiger partial charge in [-0.2, -0.15) is 0 Å². The monoisotopic (exact) mass is 789 g/mol. The van der Waals surface area contributed by atoms with Crippen molar-refractivity contribution in [3.63, 3.8) is 0 Å². The van der Waals surface area contributed by atoms with Gasteiger partial charge in [0.25, 0.3) is 0 Å². The van der Waals surface area contributed by atoms with Crippen LogP contribution in [0.1, 0.15) is 0 Å². The number of thiophene rings is 1. The molecular formula is C51H26B7N3S. The quantitative estimate of drug-likeness (QED) is 0.202. The summed E-state index contributed by atoms with van der Waals surface area (Å²) in [5.74, 6) is 1.49. The standard InChI is InChI=1S/C51H26B7N3S/c52-40-37(41(53)45(57)47-38(40)39-42(54)43(55)44(56)46(58)48(39)62-47)35-24-34(29-14-8-3-9-15-29)25-36(26-35)51-60-49(32-20-16-30(17-21-32)27-10-4-1-5-11-27)59-50(61-51)33-22-18-31(19-23-33)28-12-6-2-7-13-28/h1-26H. The van der Waals surface area contributed by atoms with E-state index < -0.39 is 0 Å². The summed E-state index contributed by atoms with van der Waals surface area (Å²) in [6, 6.07) is 53.1. The lowest BCUT2D eigenvalue weighted by Gasteiger charge is -2.20. The molecule has 0 saturated heterocycles. The first-order chi connectivity index (χ1) is 30.1. The summed E-state index contributed by atoms with van der Waals surface area (Å²) in [4.78, 5) is 15.4. The third-order valence-corrected chi connectivity index (χ3v) is 12.6. The van der Waals surface area contributed by atoms with Crippen LogP contribution in [0.5, 0.6) is 0 Å². The van der Waals surface area contributed by atoms with Crippen LogP contribution in [0.2, 0.25) is 0 Å². The van der Waals surface area contributed by atoms with E-state index in [4.69, 9.17) is 69.9 Å². The van der Waals surface area contributed by atoms with Crippen LogP contribution in [0.25, 0.3) is 98.8 Å². The van der Waals surface area contributed by atoms with Crippen molar-refractivity contribution >= 4 is 125 Å². The zero-order chi connectivity index (χ0) is 42.6. The fraction of sp³-hybridized carbons (Fsp3) is 0. The SMILES string of the molecule is [B]c1c([B])c([B])c2c(sc3c([B])c([B])c(-c4cc(-c5ccccc5)cc(-c5nc(-c6ccc(-c7ccccc7)cc6)nc(-c6ccc(-c7ccccc7)cc6)n5)c4)c([B])c32)c1[B]. The zero-order valence-electron chi connectivity index (χ0n) is 33.3. The number of fused-ring (bicyclic) bond motifs is 3. The molecule has 11 heteroatoms. The number of nitrogens with zero attached hydrogens (tertiary/aromatic N) is 3. The van der Waals surface area contributed by atoms with Gasteiger partial charge < -0.3 is 0 Å². The number of hydrogen-bond donors (Lipinski definition) is 0. The molecule has 8 aromatic carbocycles. The molecule has 0 aliphatic heterocycles. The topological polar surface area (TPSA) is 38.7 Å². The Morgan fingerprint density at radius 2 is 0.613 bits per heavy atom. The molecule has 0 bridgehead atoms. The summed E-state index contributed by atoms with van der Waals surface area (Å²) >= 11 is 1.33. The maximum absolute atomic E-state index is 7.19. The molecular weight excluding hydrogens is 762 g/mol. The van der Waals surface area contributed by atoms with Crippen molar-refractivity contribution in [3.8, 4) is 78.7 Å². The van der Waals surface area contributed by atoms with Crippen LogP contribution < -0.4 is 38.2 Å². The van der Waals surface area contributed by atoms with Gasteiger partial charge in [0.1, 0.15) is 54.9 Å². The average molecular weight is 789 g/mol. The molecule has 272 valence electrons. The fourth-order valence-corrected chi connectivity index (χ4v) is 9.33. The molecule has 2 heterocycles. The van der Waals surface area contributed by atoms with Crippen LogP contribution in [0.15, 0.2) is 158 Å². The molecule has 0 aliphatic carbocycles. The Labute approximate surface area is 374 Å². The van der Waals surface area contributed by atoms with E-state index in [1.807, 2.05) is 103 Å². The van der Waals surface area contributed by atoms with Gasteiger partial charge in [0.2, 0.25) is 0 Å². The summed E-state index contributed by atoms with van der Waals surface area (Å²) in [5.41, 5.74) is 11.9. The van der Waals surface area contributed by atoms with E-state index in [1.54, 1.807) is 0 Å². The maximum Gasteiger partial charge on any atom is 0.164 e. The molecule has 10 rings (SSSR count). The molecule has 0 spiro atoms. The maximum atomic E-state index is 7.19. The summed E-state index contributed by atoms with van der Waals surface area (Å²) in [6.07, 6.45) is 0. The fourth-order valence-electron chi connectivity index (χ4n) is 8.06. The van der Waals surface area contributed by atoms with Crippen molar-refractivity contribution in [2.45, 2.75) is 0 Å². The van der Waals surface area contributed by atoms with Gasteiger partial charge in [0, 0.05) is 26.1 Å². The summed E-state index contributed by atoms with van der Waals surface area (Å²) in [5, 5.41) is 1.19. The zero-order valence-corrected chi connectivity index (χ0v) is 34.1. The lowest BCUT2D eigenvalue weighted by Crippen LogP contribution is -2.47. The normalized spacial score (nSPS) is 11.4. The molecule has 0 aliphatic rings. The Morgan fingerprint density at radius 1 is 0.274 bits per heavy atom. The lowest BCUT2D eigenvalue weighted by atomic mass is 9.64. The van der Waals surface area contributed by atoms with E-state index in [-0.39, 0.29) is 16.4 Å². The molecule has 14 radical (unpaired) electrons. The van der Waals surface area contributed by atoms with Gasteiger partial charge in [-0.25, -0.2) is 15.0 Å². The number of benzene rings is 8. The predicted molar refractivity (Wildman–Crippen MR) is 268 cm³/mol. The van der Waals surface area contributed by atoms with E-state index >= 15 is 0 Å². The second-order valence-electron chi connectivity index (χ2n) is 15.1. The minimum absolute atomic E-state index is 0.185. The van der Waals surface area contributed by atoms with Crippen molar-refractivity contribution in [1.29, 1.82) is 0 Å². The molecule has 0 unspecified atom stereocenters. The third-order valence-electron chi connectivity index (χ3n) is 11.4. The second kappa shape index (κ2) is 16.0. The smallest absolute Gasteiger partial charge is 0.164 e. The average Bonchev–Trinajstić information content (AvgIpc) is 3.74. The molecule has 0 saturated carbocycles.